The second-order valence-electron chi connectivity index (χ2n) is 2.90. The third kappa shape index (κ3) is 2.61. The van der Waals surface area contributed by atoms with E-state index in [0.717, 1.165) is 5.57 Å². The molecule has 0 saturated heterocycles. The first-order valence-electron chi connectivity index (χ1n) is 3.70. The summed E-state index contributed by atoms with van der Waals surface area (Å²) in [7, 11) is 0. The van der Waals surface area contributed by atoms with Gasteiger partial charge in [0, 0.05) is 12.7 Å². The molecule has 1 aromatic rings. The van der Waals surface area contributed by atoms with Crippen LogP contribution in [0.3, 0.4) is 0 Å². The van der Waals surface area contributed by atoms with Gasteiger partial charge >= 0.3 is 0 Å². The fourth-order valence-electron chi connectivity index (χ4n) is 0.973. The SMILES string of the molecule is C=C(C)Cn1cc(Cl)cc(Cl)c1=O. The van der Waals surface area contributed by atoms with Crippen LogP contribution in [0.15, 0.2) is 29.2 Å². The molecule has 0 saturated carbocycles. The summed E-state index contributed by atoms with van der Waals surface area (Å²) in [6.45, 7) is 5.98. The Labute approximate surface area is 86.4 Å². The van der Waals surface area contributed by atoms with Crippen molar-refractivity contribution in [2.45, 2.75) is 13.5 Å². The summed E-state index contributed by atoms with van der Waals surface area (Å²) in [5.74, 6) is 0. The zero-order valence-corrected chi connectivity index (χ0v) is 8.69. The Balaban J connectivity index is 3.21. The standard InChI is InChI=1S/C9H9Cl2NO/c1-6(2)4-12-5-7(10)3-8(11)9(12)13/h3,5H,1,4H2,2H3. The fraction of sp³-hybridized carbons (Fsp3) is 0.222. The summed E-state index contributed by atoms with van der Waals surface area (Å²) in [6, 6.07) is 1.43. The molecule has 0 bridgehead atoms. The zero-order valence-electron chi connectivity index (χ0n) is 7.18. The Morgan fingerprint density at radius 1 is 1.62 bits per heavy atom. The largest absolute Gasteiger partial charge is 0.309 e. The molecule has 0 amide bonds. The van der Waals surface area contributed by atoms with Crippen molar-refractivity contribution in [1.29, 1.82) is 0 Å². The summed E-state index contributed by atoms with van der Waals surface area (Å²) >= 11 is 11.4. The molecule has 0 aliphatic heterocycles. The third-order valence-corrected chi connectivity index (χ3v) is 1.93. The molecule has 0 aliphatic carbocycles. The van der Waals surface area contributed by atoms with Crippen molar-refractivity contribution >= 4 is 23.2 Å². The summed E-state index contributed by atoms with van der Waals surface area (Å²) < 4.78 is 1.44. The van der Waals surface area contributed by atoms with E-state index in [9.17, 15) is 4.79 Å². The van der Waals surface area contributed by atoms with Crippen molar-refractivity contribution in [3.05, 3.63) is 44.8 Å². The van der Waals surface area contributed by atoms with Gasteiger partial charge in [0.05, 0.1) is 5.02 Å². The second-order valence-corrected chi connectivity index (χ2v) is 3.74. The third-order valence-electron chi connectivity index (χ3n) is 1.45. The second kappa shape index (κ2) is 3.99. The van der Waals surface area contributed by atoms with E-state index < -0.39 is 0 Å². The van der Waals surface area contributed by atoms with Crippen molar-refractivity contribution in [2.75, 3.05) is 0 Å². The van der Waals surface area contributed by atoms with Gasteiger partial charge in [-0.25, -0.2) is 0 Å². The molecule has 4 heteroatoms. The lowest BCUT2D eigenvalue weighted by atomic mass is 10.3. The number of hydrogen-bond donors (Lipinski definition) is 0. The van der Waals surface area contributed by atoms with Gasteiger partial charge in [-0.2, -0.15) is 0 Å². The van der Waals surface area contributed by atoms with E-state index in [1.807, 2.05) is 6.92 Å². The smallest absolute Gasteiger partial charge is 0.269 e. The molecule has 1 heterocycles. The Morgan fingerprint density at radius 3 is 2.77 bits per heavy atom. The Bertz CT molecular complexity index is 395. The van der Waals surface area contributed by atoms with E-state index in [2.05, 4.69) is 6.58 Å². The van der Waals surface area contributed by atoms with Crippen molar-refractivity contribution in [2.24, 2.45) is 0 Å². The lowest BCUT2D eigenvalue weighted by Gasteiger charge is -2.05. The lowest BCUT2D eigenvalue weighted by Crippen LogP contribution is -2.20. The van der Waals surface area contributed by atoms with Gasteiger partial charge in [0.1, 0.15) is 5.02 Å². The van der Waals surface area contributed by atoms with E-state index >= 15 is 0 Å². The topological polar surface area (TPSA) is 22.0 Å². The van der Waals surface area contributed by atoms with Crippen LogP contribution in [0, 0.1) is 0 Å². The number of aromatic nitrogens is 1. The van der Waals surface area contributed by atoms with Gasteiger partial charge in [-0.1, -0.05) is 35.4 Å². The normalized spacial score (nSPS) is 10.1. The van der Waals surface area contributed by atoms with Crippen molar-refractivity contribution in [1.82, 2.24) is 4.57 Å². The number of allylic oxidation sites excluding steroid dienone is 1. The minimum Gasteiger partial charge on any atom is -0.309 e. The average molecular weight is 218 g/mol. The summed E-state index contributed by atoms with van der Waals surface area (Å²) in [5, 5.41) is 0.583. The number of pyridine rings is 1. The molecule has 0 spiro atoms. The predicted octanol–water partition coefficient (Wildman–Crippen LogP) is 2.73. The Morgan fingerprint density at radius 2 is 2.23 bits per heavy atom. The van der Waals surface area contributed by atoms with Crippen molar-refractivity contribution < 1.29 is 0 Å². The van der Waals surface area contributed by atoms with Crippen LogP contribution in [0.25, 0.3) is 0 Å². The van der Waals surface area contributed by atoms with Gasteiger partial charge in [0.2, 0.25) is 0 Å². The maximum absolute atomic E-state index is 11.4. The van der Waals surface area contributed by atoms with Gasteiger partial charge in [-0.15, -0.1) is 0 Å². The zero-order chi connectivity index (χ0) is 10.0. The Hall–Kier alpha value is -0.730. The average Bonchev–Trinajstić information content (AvgIpc) is 1.98. The maximum atomic E-state index is 11.4. The lowest BCUT2D eigenvalue weighted by molar-refractivity contribution is 0.749. The first-order valence-corrected chi connectivity index (χ1v) is 4.46. The Kier molecular flexibility index (Phi) is 3.17. The first-order chi connectivity index (χ1) is 6.00. The summed E-state index contributed by atoms with van der Waals surface area (Å²) in [4.78, 5) is 11.4. The summed E-state index contributed by atoms with van der Waals surface area (Å²) in [5.41, 5.74) is 0.634. The quantitative estimate of drug-likeness (QED) is 0.699. The van der Waals surface area contributed by atoms with E-state index in [1.165, 1.54) is 10.6 Å². The molecule has 1 rings (SSSR count). The molecule has 0 unspecified atom stereocenters. The van der Waals surface area contributed by atoms with Crippen LogP contribution in [-0.2, 0) is 6.54 Å². The van der Waals surface area contributed by atoms with E-state index in [0.29, 0.717) is 11.6 Å². The molecule has 70 valence electrons. The number of rotatable bonds is 2. The van der Waals surface area contributed by atoms with Crippen LogP contribution in [-0.4, -0.2) is 4.57 Å². The molecule has 0 atom stereocenters. The number of nitrogens with zero attached hydrogens (tertiary/aromatic N) is 1. The molecule has 0 aliphatic rings. The number of hydrogen-bond acceptors (Lipinski definition) is 1. The maximum Gasteiger partial charge on any atom is 0.269 e. The minimum absolute atomic E-state index is 0.133. The molecule has 0 aromatic carbocycles. The monoisotopic (exact) mass is 217 g/mol. The molecular formula is C9H9Cl2NO. The highest BCUT2D eigenvalue weighted by Crippen LogP contribution is 2.11. The minimum atomic E-state index is -0.242. The highest BCUT2D eigenvalue weighted by Gasteiger charge is 2.02. The molecule has 0 fully saturated rings. The van der Waals surface area contributed by atoms with Crippen LogP contribution in [0.2, 0.25) is 10.0 Å². The molecule has 0 radical (unpaired) electrons. The van der Waals surface area contributed by atoms with Crippen molar-refractivity contribution in [3.63, 3.8) is 0 Å². The number of halogens is 2. The van der Waals surface area contributed by atoms with Gasteiger partial charge < -0.3 is 4.57 Å². The molecule has 2 nitrogen and oxygen atoms in total. The fourth-order valence-corrected chi connectivity index (χ4v) is 1.48. The van der Waals surface area contributed by atoms with Crippen LogP contribution >= 0.6 is 23.2 Å². The van der Waals surface area contributed by atoms with Crippen LogP contribution in [0.5, 0.6) is 0 Å². The molecule has 13 heavy (non-hydrogen) atoms. The predicted molar refractivity (Wildman–Crippen MR) is 55.5 cm³/mol. The van der Waals surface area contributed by atoms with Gasteiger partial charge in [0.25, 0.3) is 5.56 Å². The highest BCUT2D eigenvalue weighted by molar-refractivity contribution is 6.34. The van der Waals surface area contributed by atoms with E-state index in [4.69, 9.17) is 23.2 Å². The van der Waals surface area contributed by atoms with Gasteiger partial charge in [0.15, 0.2) is 0 Å². The van der Waals surface area contributed by atoms with Gasteiger partial charge in [-0.05, 0) is 13.0 Å². The molecule has 0 N–H and O–H groups in total. The highest BCUT2D eigenvalue weighted by atomic mass is 35.5. The molecular weight excluding hydrogens is 209 g/mol. The molecule has 1 aromatic heterocycles. The van der Waals surface area contributed by atoms with E-state index in [-0.39, 0.29) is 10.6 Å². The van der Waals surface area contributed by atoms with Crippen LogP contribution in [0.1, 0.15) is 6.92 Å². The van der Waals surface area contributed by atoms with Crippen LogP contribution in [0.4, 0.5) is 0 Å². The van der Waals surface area contributed by atoms with Crippen LogP contribution < -0.4 is 5.56 Å². The van der Waals surface area contributed by atoms with Gasteiger partial charge in [-0.3, -0.25) is 4.79 Å². The summed E-state index contributed by atoms with van der Waals surface area (Å²) in [6.07, 6.45) is 1.55. The van der Waals surface area contributed by atoms with Crippen molar-refractivity contribution in [3.8, 4) is 0 Å². The first kappa shape index (κ1) is 10.4. The van der Waals surface area contributed by atoms with E-state index in [1.54, 1.807) is 6.20 Å².